The van der Waals surface area contributed by atoms with Crippen molar-refractivity contribution in [1.82, 2.24) is 9.55 Å². The fourth-order valence-corrected chi connectivity index (χ4v) is 7.01. The molecule has 3 nitrogen and oxygen atoms in total. The minimum absolute atomic E-state index is 0.0369. The zero-order valence-electron chi connectivity index (χ0n) is 16.9. The molecule has 0 amide bonds. The molecular weight excluding hydrogens is 440 g/mol. The zero-order valence-corrected chi connectivity index (χ0v) is 20.1. The molecule has 0 N–H and O–H groups in total. The van der Waals surface area contributed by atoms with Crippen LogP contribution in [0, 0.1) is 6.92 Å². The Morgan fingerprint density at radius 1 is 1.41 bits per heavy atom. The molecule has 0 bridgehead atoms. The number of aromatic nitrogens is 2. The van der Waals surface area contributed by atoms with Crippen LogP contribution in [0.1, 0.15) is 36.8 Å². The molecule has 1 aromatic carbocycles. The first-order chi connectivity index (χ1) is 13.7. The van der Waals surface area contributed by atoms with Gasteiger partial charge in [-0.05, 0) is 43.5 Å². The lowest BCUT2D eigenvalue weighted by Gasteiger charge is -2.28. The maximum absolute atomic E-state index is 13.8. The summed E-state index contributed by atoms with van der Waals surface area (Å²) in [6.45, 7) is 8.40. The lowest BCUT2D eigenvalue weighted by atomic mass is 10.00. The summed E-state index contributed by atoms with van der Waals surface area (Å²) in [4.78, 5) is 20.9. The molecule has 1 aliphatic rings. The molecule has 3 aromatic rings. The van der Waals surface area contributed by atoms with E-state index in [2.05, 4.69) is 13.8 Å². The Morgan fingerprint density at radius 3 is 2.93 bits per heavy atom. The lowest BCUT2D eigenvalue weighted by Crippen LogP contribution is -2.26. The summed E-state index contributed by atoms with van der Waals surface area (Å²) in [5, 5.41) is 2.26. The second-order valence-electron chi connectivity index (χ2n) is 7.88. The normalized spacial score (nSPS) is 16.2. The molecule has 152 valence electrons. The standard InChI is InChI=1S/C22H23ClN2OS3/c1-13-6-5-7-15(10-13)25-20(26)18-16-11-22(3,4)28-12-17(16)29-19(18)24-21(25)27-9-8-14(2)23/h5-8,10H,9,11-12H2,1-4H3/b14-8+. The largest absolute Gasteiger partial charge is 0.268 e. The van der Waals surface area contributed by atoms with Crippen molar-refractivity contribution in [2.45, 2.75) is 49.8 Å². The van der Waals surface area contributed by atoms with E-state index in [-0.39, 0.29) is 10.3 Å². The molecule has 0 saturated carbocycles. The van der Waals surface area contributed by atoms with Crippen LogP contribution in [-0.4, -0.2) is 20.1 Å². The van der Waals surface area contributed by atoms with Gasteiger partial charge in [-0.2, -0.15) is 0 Å². The van der Waals surface area contributed by atoms with Gasteiger partial charge in [0, 0.05) is 26.2 Å². The summed E-state index contributed by atoms with van der Waals surface area (Å²) in [5.74, 6) is 1.62. The fourth-order valence-electron chi connectivity index (χ4n) is 3.50. The van der Waals surface area contributed by atoms with Crippen molar-refractivity contribution in [1.29, 1.82) is 0 Å². The van der Waals surface area contributed by atoms with E-state index in [0.29, 0.717) is 10.9 Å². The first-order valence-electron chi connectivity index (χ1n) is 9.48. The fraction of sp³-hybridized carbons (Fsp3) is 0.364. The zero-order chi connectivity index (χ0) is 20.8. The second-order valence-corrected chi connectivity index (χ2v) is 12.2. The van der Waals surface area contributed by atoms with Crippen LogP contribution >= 0.6 is 46.5 Å². The Hall–Kier alpha value is -1.21. The van der Waals surface area contributed by atoms with Crippen molar-refractivity contribution in [3.8, 4) is 5.69 Å². The van der Waals surface area contributed by atoms with E-state index < -0.39 is 0 Å². The van der Waals surface area contributed by atoms with Crippen molar-refractivity contribution in [3.63, 3.8) is 0 Å². The van der Waals surface area contributed by atoms with Gasteiger partial charge < -0.3 is 0 Å². The number of benzene rings is 1. The summed E-state index contributed by atoms with van der Waals surface area (Å²) in [6.07, 6.45) is 2.85. The first kappa shape index (κ1) is 21.0. The van der Waals surface area contributed by atoms with Crippen molar-refractivity contribution in [3.05, 3.63) is 61.7 Å². The summed E-state index contributed by atoms with van der Waals surface area (Å²) in [7, 11) is 0. The number of fused-ring (bicyclic) bond motifs is 3. The van der Waals surface area contributed by atoms with E-state index in [1.54, 1.807) is 27.7 Å². The van der Waals surface area contributed by atoms with Crippen molar-refractivity contribution in [2.75, 3.05) is 5.75 Å². The van der Waals surface area contributed by atoms with E-state index in [1.165, 1.54) is 10.4 Å². The van der Waals surface area contributed by atoms with Crippen LogP contribution in [-0.2, 0) is 12.2 Å². The van der Waals surface area contributed by atoms with E-state index in [9.17, 15) is 4.79 Å². The van der Waals surface area contributed by atoms with Gasteiger partial charge in [-0.15, -0.1) is 23.1 Å². The van der Waals surface area contributed by atoms with Gasteiger partial charge in [-0.25, -0.2) is 4.98 Å². The predicted octanol–water partition coefficient (Wildman–Crippen LogP) is 6.56. The number of aryl methyl sites for hydroxylation is 1. The van der Waals surface area contributed by atoms with Gasteiger partial charge in [0.05, 0.1) is 11.1 Å². The Bertz CT molecular complexity index is 1170. The molecule has 0 atom stereocenters. The number of allylic oxidation sites excluding steroid dienone is 1. The highest BCUT2D eigenvalue weighted by molar-refractivity contribution is 8.00. The van der Waals surface area contributed by atoms with Crippen molar-refractivity contribution >= 4 is 56.7 Å². The molecule has 0 saturated heterocycles. The van der Waals surface area contributed by atoms with Crippen molar-refractivity contribution in [2.24, 2.45) is 0 Å². The molecule has 4 rings (SSSR count). The van der Waals surface area contributed by atoms with E-state index in [0.717, 1.165) is 38.7 Å². The van der Waals surface area contributed by atoms with Crippen LogP contribution in [0.5, 0.6) is 0 Å². The van der Waals surface area contributed by atoms with Crippen LogP contribution < -0.4 is 5.56 Å². The number of thioether (sulfide) groups is 2. The van der Waals surface area contributed by atoms with Gasteiger partial charge in [0.1, 0.15) is 4.83 Å². The highest BCUT2D eigenvalue weighted by atomic mass is 35.5. The molecule has 0 unspecified atom stereocenters. The van der Waals surface area contributed by atoms with Crippen LogP contribution in [0.25, 0.3) is 15.9 Å². The molecule has 3 heterocycles. The van der Waals surface area contributed by atoms with Gasteiger partial charge in [0.15, 0.2) is 5.16 Å². The quantitative estimate of drug-likeness (QED) is 0.325. The Morgan fingerprint density at radius 2 is 2.21 bits per heavy atom. The molecule has 0 radical (unpaired) electrons. The van der Waals surface area contributed by atoms with Crippen molar-refractivity contribution < 1.29 is 0 Å². The SMILES string of the molecule is C/C(Cl)=C\CSc1nc2sc3c(c2c(=O)n1-c1cccc(C)c1)CC(C)(C)SC3. The third-order valence-electron chi connectivity index (χ3n) is 4.91. The van der Waals surface area contributed by atoms with Gasteiger partial charge >= 0.3 is 0 Å². The molecule has 7 heteroatoms. The molecular formula is C22H23ClN2OS3. The molecule has 1 aliphatic heterocycles. The molecule has 2 aromatic heterocycles. The van der Waals surface area contributed by atoms with E-state index in [4.69, 9.17) is 16.6 Å². The maximum Gasteiger partial charge on any atom is 0.267 e. The number of hydrogen-bond acceptors (Lipinski definition) is 5. The molecule has 29 heavy (non-hydrogen) atoms. The summed E-state index contributed by atoms with van der Waals surface area (Å²) in [6, 6.07) is 8.05. The number of thiophene rings is 1. The highest BCUT2D eigenvalue weighted by Gasteiger charge is 2.31. The van der Waals surface area contributed by atoms with Gasteiger partial charge in [0.25, 0.3) is 5.56 Å². The summed E-state index contributed by atoms with van der Waals surface area (Å²) in [5.41, 5.74) is 3.21. The third-order valence-corrected chi connectivity index (χ3v) is 8.60. The minimum atomic E-state index is 0.0369. The van der Waals surface area contributed by atoms with Gasteiger partial charge in [0.2, 0.25) is 0 Å². The van der Waals surface area contributed by atoms with E-state index in [1.807, 2.05) is 56.0 Å². The minimum Gasteiger partial charge on any atom is -0.268 e. The topological polar surface area (TPSA) is 34.9 Å². The average Bonchev–Trinajstić information content (AvgIpc) is 2.98. The number of halogens is 1. The third kappa shape index (κ3) is 4.31. The number of rotatable bonds is 4. The molecule has 0 fully saturated rings. The summed E-state index contributed by atoms with van der Waals surface area (Å²) >= 11 is 11.2. The average molecular weight is 463 g/mol. The molecule has 0 aliphatic carbocycles. The first-order valence-corrected chi connectivity index (χ1v) is 12.6. The van der Waals surface area contributed by atoms with Crippen LogP contribution in [0.2, 0.25) is 0 Å². The summed E-state index contributed by atoms with van der Waals surface area (Å²) < 4.78 is 1.91. The van der Waals surface area contributed by atoms with Crippen LogP contribution in [0.3, 0.4) is 0 Å². The Kier molecular flexibility index (Phi) is 5.90. The number of hydrogen-bond donors (Lipinski definition) is 0. The Labute approximate surface area is 188 Å². The van der Waals surface area contributed by atoms with E-state index >= 15 is 0 Å². The number of nitrogens with zero attached hydrogens (tertiary/aromatic N) is 2. The van der Waals surface area contributed by atoms with Crippen LogP contribution in [0.15, 0.2) is 45.3 Å². The predicted molar refractivity (Wildman–Crippen MR) is 129 cm³/mol. The van der Waals surface area contributed by atoms with Gasteiger partial charge in [-0.1, -0.05) is 55.4 Å². The smallest absolute Gasteiger partial charge is 0.267 e. The maximum atomic E-state index is 13.8. The van der Waals surface area contributed by atoms with Gasteiger partial charge in [-0.3, -0.25) is 9.36 Å². The highest BCUT2D eigenvalue weighted by Crippen LogP contribution is 2.44. The lowest BCUT2D eigenvalue weighted by molar-refractivity contribution is 0.698. The van der Waals surface area contributed by atoms with Crippen LogP contribution in [0.4, 0.5) is 0 Å². The second kappa shape index (κ2) is 8.14. The molecule has 0 spiro atoms. The Balaban J connectivity index is 1.95. The monoisotopic (exact) mass is 462 g/mol.